The molecule has 35 heavy (non-hydrogen) atoms. The standard InChI is InChI=1S/C25H25N5O3S2/c31-15-14-27-10-12-28(13-11-27)22-19(23(32)29-9-5-4-8-21(29)26-22)16-20-24(33)30(25(34)35-20)17-18-6-2-1-3-7-18/h1-9,16,31H,10-15,17H2/b20-16-. The molecule has 3 aromatic rings. The second kappa shape index (κ2) is 10.3. The van der Waals surface area contributed by atoms with Gasteiger partial charge in [-0.15, -0.1) is 0 Å². The number of β-amino-alcohol motifs (C(OH)–C–C–N with tert-alkyl or cyclic N) is 1. The van der Waals surface area contributed by atoms with Gasteiger partial charge in [0.15, 0.2) is 0 Å². The molecule has 2 aromatic heterocycles. The Morgan fingerprint density at radius 3 is 2.51 bits per heavy atom. The van der Waals surface area contributed by atoms with E-state index >= 15 is 0 Å². The number of benzene rings is 1. The first-order chi connectivity index (χ1) is 17.0. The fourth-order valence-electron chi connectivity index (χ4n) is 4.32. The molecule has 1 amide bonds. The lowest BCUT2D eigenvalue weighted by Crippen LogP contribution is -2.48. The van der Waals surface area contributed by atoms with Gasteiger partial charge in [0.1, 0.15) is 15.8 Å². The van der Waals surface area contributed by atoms with E-state index in [4.69, 9.17) is 17.2 Å². The molecule has 0 bridgehead atoms. The minimum absolute atomic E-state index is 0.117. The van der Waals surface area contributed by atoms with Crippen LogP contribution in [0.3, 0.4) is 0 Å². The van der Waals surface area contributed by atoms with E-state index in [2.05, 4.69) is 9.80 Å². The third kappa shape index (κ3) is 4.87. The maximum atomic E-state index is 13.5. The van der Waals surface area contributed by atoms with Gasteiger partial charge in [-0.05, 0) is 23.8 Å². The number of pyridine rings is 1. The van der Waals surface area contributed by atoms with E-state index < -0.39 is 0 Å². The summed E-state index contributed by atoms with van der Waals surface area (Å²) in [6, 6.07) is 15.1. The maximum Gasteiger partial charge on any atom is 0.267 e. The highest BCUT2D eigenvalue weighted by Crippen LogP contribution is 2.34. The van der Waals surface area contributed by atoms with Crippen molar-refractivity contribution in [2.24, 2.45) is 0 Å². The van der Waals surface area contributed by atoms with Gasteiger partial charge in [0.2, 0.25) is 0 Å². The van der Waals surface area contributed by atoms with E-state index in [0.717, 1.165) is 18.7 Å². The van der Waals surface area contributed by atoms with Crippen LogP contribution in [0.25, 0.3) is 11.7 Å². The van der Waals surface area contributed by atoms with Crippen molar-refractivity contribution in [3.8, 4) is 0 Å². The van der Waals surface area contributed by atoms with Gasteiger partial charge in [-0.2, -0.15) is 0 Å². The zero-order valence-electron chi connectivity index (χ0n) is 19.0. The monoisotopic (exact) mass is 507 g/mol. The second-order valence-electron chi connectivity index (χ2n) is 8.39. The Hall–Kier alpha value is -3.05. The number of anilines is 1. The van der Waals surface area contributed by atoms with Crippen LogP contribution >= 0.6 is 24.0 Å². The quantitative estimate of drug-likeness (QED) is 0.402. The summed E-state index contributed by atoms with van der Waals surface area (Å²) < 4.78 is 1.97. The van der Waals surface area contributed by atoms with Crippen molar-refractivity contribution in [3.63, 3.8) is 0 Å². The summed E-state index contributed by atoms with van der Waals surface area (Å²) in [4.78, 5) is 37.9. The van der Waals surface area contributed by atoms with Crippen LogP contribution in [0.2, 0.25) is 0 Å². The average molecular weight is 508 g/mol. The number of hydrogen-bond acceptors (Lipinski definition) is 8. The lowest BCUT2D eigenvalue weighted by atomic mass is 10.2. The van der Waals surface area contributed by atoms with Gasteiger partial charge in [-0.1, -0.05) is 60.4 Å². The second-order valence-corrected chi connectivity index (χ2v) is 10.1. The van der Waals surface area contributed by atoms with Crippen LogP contribution < -0.4 is 10.5 Å². The number of carbonyl (C=O) groups excluding carboxylic acids is 1. The molecule has 5 rings (SSSR count). The Bertz CT molecular complexity index is 1350. The van der Waals surface area contributed by atoms with Crippen molar-refractivity contribution >= 4 is 51.7 Å². The van der Waals surface area contributed by atoms with Gasteiger partial charge < -0.3 is 10.0 Å². The average Bonchev–Trinajstić information content (AvgIpc) is 3.14. The fraction of sp³-hybridized carbons (Fsp3) is 0.280. The van der Waals surface area contributed by atoms with Crippen molar-refractivity contribution in [1.82, 2.24) is 19.2 Å². The molecular formula is C25H25N5O3S2. The molecule has 0 aliphatic carbocycles. The number of nitrogens with zero attached hydrogens (tertiary/aromatic N) is 5. The highest BCUT2D eigenvalue weighted by atomic mass is 32.2. The molecule has 0 unspecified atom stereocenters. The number of fused-ring (bicyclic) bond motifs is 1. The fourth-order valence-corrected chi connectivity index (χ4v) is 5.55. The first kappa shape index (κ1) is 23.7. The number of piperazine rings is 1. The van der Waals surface area contributed by atoms with Crippen LogP contribution in [0, 0.1) is 0 Å². The maximum absolute atomic E-state index is 13.5. The van der Waals surface area contributed by atoms with E-state index in [0.29, 0.717) is 52.4 Å². The molecule has 0 radical (unpaired) electrons. The van der Waals surface area contributed by atoms with Gasteiger partial charge in [0.05, 0.1) is 23.6 Å². The number of aliphatic hydroxyl groups excluding tert-OH is 1. The first-order valence-electron chi connectivity index (χ1n) is 11.4. The molecule has 0 atom stereocenters. The van der Waals surface area contributed by atoms with Crippen LogP contribution in [-0.2, 0) is 11.3 Å². The number of amides is 1. The molecule has 2 saturated heterocycles. The SMILES string of the molecule is O=C1/C(=C/c2c(N3CCN(CCO)CC3)nc3ccccn3c2=O)SC(=S)N1Cc1ccccc1. The van der Waals surface area contributed by atoms with Crippen molar-refractivity contribution in [2.45, 2.75) is 6.54 Å². The number of aromatic nitrogens is 2. The Balaban J connectivity index is 1.51. The van der Waals surface area contributed by atoms with Crippen LogP contribution in [0.15, 0.2) is 64.4 Å². The molecule has 180 valence electrons. The Morgan fingerprint density at radius 1 is 1.03 bits per heavy atom. The lowest BCUT2D eigenvalue weighted by Gasteiger charge is -2.35. The van der Waals surface area contributed by atoms with Crippen LogP contribution in [0.1, 0.15) is 11.1 Å². The summed E-state index contributed by atoms with van der Waals surface area (Å²) in [5, 5.41) is 9.25. The molecule has 0 saturated carbocycles. The Kier molecular flexibility index (Phi) is 6.96. The number of thiocarbonyl (C=S) groups is 1. The minimum atomic E-state index is -0.225. The summed E-state index contributed by atoms with van der Waals surface area (Å²) in [5.74, 6) is 0.360. The molecule has 8 nitrogen and oxygen atoms in total. The molecule has 4 heterocycles. The van der Waals surface area contributed by atoms with E-state index in [1.54, 1.807) is 29.3 Å². The summed E-state index contributed by atoms with van der Waals surface area (Å²) in [6.07, 6.45) is 3.33. The van der Waals surface area contributed by atoms with Gasteiger partial charge in [0, 0.05) is 38.9 Å². The van der Waals surface area contributed by atoms with E-state index in [9.17, 15) is 14.7 Å². The van der Waals surface area contributed by atoms with E-state index in [1.165, 1.54) is 16.2 Å². The smallest absolute Gasteiger partial charge is 0.267 e. The normalized spacial score (nSPS) is 18.3. The molecule has 0 spiro atoms. The first-order valence-corrected chi connectivity index (χ1v) is 12.7. The third-order valence-corrected chi connectivity index (χ3v) is 7.55. The van der Waals surface area contributed by atoms with Crippen molar-refractivity contribution in [3.05, 3.63) is 81.1 Å². The molecule has 10 heteroatoms. The van der Waals surface area contributed by atoms with Crippen LogP contribution in [0.4, 0.5) is 5.82 Å². The highest BCUT2D eigenvalue weighted by molar-refractivity contribution is 8.26. The van der Waals surface area contributed by atoms with Crippen molar-refractivity contribution in [2.75, 3.05) is 44.2 Å². The number of hydrogen-bond donors (Lipinski definition) is 1. The van der Waals surface area contributed by atoms with Crippen LogP contribution in [0.5, 0.6) is 0 Å². The predicted octanol–water partition coefficient (Wildman–Crippen LogP) is 2.21. The lowest BCUT2D eigenvalue weighted by molar-refractivity contribution is -0.122. The molecule has 1 N–H and O–H groups in total. The van der Waals surface area contributed by atoms with Gasteiger partial charge >= 0.3 is 0 Å². The van der Waals surface area contributed by atoms with E-state index in [-0.39, 0.29) is 18.1 Å². The summed E-state index contributed by atoms with van der Waals surface area (Å²) in [5.41, 5.74) is 1.69. The third-order valence-electron chi connectivity index (χ3n) is 6.17. The molecule has 2 aliphatic rings. The molecule has 2 aliphatic heterocycles. The molecule has 2 fully saturated rings. The Morgan fingerprint density at radius 2 is 1.77 bits per heavy atom. The summed E-state index contributed by atoms with van der Waals surface area (Å²) in [6.45, 7) is 3.99. The highest BCUT2D eigenvalue weighted by Gasteiger charge is 2.33. The van der Waals surface area contributed by atoms with Gasteiger partial charge in [-0.25, -0.2) is 4.98 Å². The topological polar surface area (TPSA) is 81.4 Å². The molecular weight excluding hydrogens is 482 g/mol. The number of rotatable bonds is 6. The summed E-state index contributed by atoms with van der Waals surface area (Å²) in [7, 11) is 0. The van der Waals surface area contributed by atoms with E-state index in [1.807, 2.05) is 36.4 Å². The molecule has 1 aromatic carbocycles. The minimum Gasteiger partial charge on any atom is -0.395 e. The number of thioether (sulfide) groups is 1. The number of aliphatic hydroxyl groups is 1. The summed E-state index contributed by atoms with van der Waals surface area (Å²) >= 11 is 6.72. The zero-order valence-corrected chi connectivity index (χ0v) is 20.7. The van der Waals surface area contributed by atoms with Gasteiger partial charge in [-0.3, -0.25) is 23.8 Å². The largest absolute Gasteiger partial charge is 0.395 e. The number of carbonyl (C=O) groups is 1. The van der Waals surface area contributed by atoms with Crippen LogP contribution in [-0.4, -0.2) is 73.8 Å². The zero-order chi connectivity index (χ0) is 24.4. The van der Waals surface area contributed by atoms with Crippen molar-refractivity contribution < 1.29 is 9.90 Å². The Labute approximate surface area is 212 Å². The van der Waals surface area contributed by atoms with Crippen molar-refractivity contribution in [1.29, 1.82) is 0 Å². The predicted molar refractivity (Wildman–Crippen MR) is 142 cm³/mol. The van der Waals surface area contributed by atoms with Gasteiger partial charge in [0.25, 0.3) is 11.5 Å².